The van der Waals surface area contributed by atoms with E-state index in [0.717, 1.165) is 13.0 Å². The van der Waals surface area contributed by atoms with Crippen molar-refractivity contribution in [3.05, 3.63) is 29.3 Å². The van der Waals surface area contributed by atoms with Crippen molar-refractivity contribution in [1.29, 1.82) is 0 Å². The topological polar surface area (TPSA) is 29.5 Å². The molecule has 0 saturated carbocycles. The third-order valence-corrected chi connectivity index (χ3v) is 2.66. The number of phenolic OH excluding ortho intramolecular Hbond substituents is 1. The van der Waals surface area contributed by atoms with Crippen LogP contribution in [0.4, 0.5) is 13.2 Å². The zero-order valence-corrected chi connectivity index (χ0v) is 7.93. The van der Waals surface area contributed by atoms with Gasteiger partial charge in [-0.05, 0) is 24.6 Å². The molecule has 1 aliphatic heterocycles. The van der Waals surface area contributed by atoms with Crippen LogP contribution in [0.15, 0.2) is 18.2 Å². The standard InChI is InChI=1S/C10H9F3O2/c1-9(10(11,12)13)8-4-7(14)3-2-6(8)5-15-9/h2-4,14H,5H2,1H3/t9-/m1/s1. The lowest BCUT2D eigenvalue weighted by Crippen LogP contribution is -2.38. The van der Waals surface area contributed by atoms with E-state index in [0.29, 0.717) is 5.56 Å². The summed E-state index contributed by atoms with van der Waals surface area (Å²) < 4.78 is 43.0. The van der Waals surface area contributed by atoms with Crippen molar-refractivity contribution in [2.75, 3.05) is 0 Å². The monoisotopic (exact) mass is 218 g/mol. The summed E-state index contributed by atoms with van der Waals surface area (Å²) in [5, 5.41) is 9.17. The van der Waals surface area contributed by atoms with Crippen molar-refractivity contribution in [1.82, 2.24) is 0 Å². The molecule has 0 fully saturated rings. The van der Waals surface area contributed by atoms with E-state index < -0.39 is 11.8 Å². The second-order valence-electron chi connectivity index (χ2n) is 3.66. The van der Waals surface area contributed by atoms with Gasteiger partial charge in [-0.2, -0.15) is 13.2 Å². The number of ether oxygens (including phenoxy) is 1. The molecule has 0 spiro atoms. The Kier molecular flexibility index (Phi) is 1.98. The van der Waals surface area contributed by atoms with Gasteiger partial charge >= 0.3 is 6.18 Å². The van der Waals surface area contributed by atoms with E-state index in [9.17, 15) is 18.3 Å². The molecule has 0 saturated heterocycles. The molecule has 0 amide bonds. The van der Waals surface area contributed by atoms with Crippen LogP contribution < -0.4 is 0 Å². The number of hydrogen-bond acceptors (Lipinski definition) is 2. The molecule has 0 radical (unpaired) electrons. The first kappa shape index (κ1) is 10.3. The highest BCUT2D eigenvalue weighted by molar-refractivity contribution is 5.41. The number of aromatic hydroxyl groups is 1. The summed E-state index contributed by atoms with van der Waals surface area (Å²) in [6.45, 7) is 0.893. The molecule has 15 heavy (non-hydrogen) atoms. The SMILES string of the molecule is C[C@@]1(C(F)(F)F)OCc2ccc(O)cc21. The minimum atomic E-state index is -4.48. The van der Waals surface area contributed by atoms with Crippen LogP contribution in [0.3, 0.4) is 0 Å². The Hall–Kier alpha value is -1.23. The van der Waals surface area contributed by atoms with Crippen molar-refractivity contribution in [2.24, 2.45) is 0 Å². The number of benzene rings is 1. The molecule has 2 nitrogen and oxygen atoms in total. The second kappa shape index (κ2) is 2.88. The van der Waals surface area contributed by atoms with Crippen LogP contribution in [0, 0.1) is 0 Å². The Morgan fingerprint density at radius 3 is 2.67 bits per heavy atom. The van der Waals surface area contributed by atoms with Crippen molar-refractivity contribution in [3.63, 3.8) is 0 Å². The first-order valence-electron chi connectivity index (χ1n) is 4.37. The zero-order valence-electron chi connectivity index (χ0n) is 7.93. The Morgan fingerprint density at radius 2 is 2.07 bits per heavy atom. The second-order valence-corrected chi connectivity index (χ2v) is 3.66. The molecular weight excluding hydrogens is 209 g/mol. The van der Waals surface area contributed by atoms with Crippen LogP contribution in [0.5, 0.6) is 5.75 Å². The molecule has 1 aromatic carbocycles. The minimum Gasteiger partial charge on any atom is -0.508 e. The van der Waals surface area contributed by atoms with Crippen molar-refractivity contribution >= 4 is 0 Å². The number of fused-ring (bicyclic) bond motifs is 1. The van der Waals surface area contributed by atoms with Crippen LogP contribution in [0.25, 0.3) is 0 Å². The summed E-state index contributed by atoms with van der Waals surface area (Å²) in [5.41, 5.74) is -1.84. The highest BCUT2D eigenvalue weighted by atomic mass is 19.4. The van der Waals surface area contributed by atoms with Gasteiger partial charge in [-0.25, -0.2) is 0 Å². The number of rotatable bonds is 0. The van der Waals surface area contributed by atoms with E-state index >= 15 is 0 Å². The van der Waals surface area contributed by atoms with Crippen molar-refractivity contribution in [2.45, 2.75) is 25.3 Å². The van der Waals surface area contributed by atoms with E-state index in [1.807, 2.05) is 0 Å². The third kappa shape index (κ3) is 1.38. The molecule has 2 rings (SSSR count). The predicted octanol–water partition coefficient (Wildman–Crippen LogP) is 2.70. The van der Waals surface area contributed by atoms with Gasteiger partial charge < -0.3 is 9.84 Å². The summed E-state index contributed by atoms with van der Waals surface area (Å²) in [6.07, 6.45) is -4.48. The average Bonchev–Trinajstić information content (AvgIpc) is 2.44. The van der Waals surface area contributed by atoms with Gasteiger partial charge in [0.05, 0.1) is 6.61 Å². The lowest BCUT2D eigenvalue weighted by Gasteiger charge is -2.27. The Balaban J connectivity index is 2.56. The Bertz CT molecular complexity index is 400. The van der Waals surface area contributed by atoms with Crippen LogP contribution in [-0.4, -0.2) is 11.3 Å². The summed E-state index contributed by atoms with van der Waals surface area (Å²) >= 11 is 0. The molecule has 1 aliphatic rings. The lowest BCUT2D eigenvalue weighted by atomic mass is 9.93. The summed E-state index contributed by atoms with van der Waals surface area (Å²) in [6, 6.07) is 3.90. The highest BCUT2D eigenvalue weighted by Crippen LogP contribution is 2.48. The molecule has 5 heteroatoms. The van der Waals surface area contributed by atoms with Gasteiger partial charge in [-0.3, -0.25) is 0 Å². The molecule has 0 unspecified atom stereocenters. The van der Waals surface area contributed by atoms with Crippen LogP contribution >= 0.6 is 0 Å². The van der Waals surface area contributed by atoms with Gasteiger partial charge in [0.1, 0.15) is 5.75 Å². The molecule has 0 bridgehead atoms. The van der Waals surface area contributed by atoms with Gasteiger partial charge in [-0.1, -0.05) is 6.07 Å². The molecule has 0 aromatic heterocycles. The number of hydrogen-bond donors (Lipinski definition) is 1. The minimum absolute atomic E-state index is 0.00463. The third-order valence-electron chi connectivity index (χ3n) is 2.66. The van der Waals surface area contributed by atoms with E-state index in [2.05, 4.69) is 0 Å². The number of phenols is 1. The summed E-state index contributed by atoms with van der Waals surface area (Å²) in [4.78, 5) is 0. The van der Waals surface area contributed by atoms with Gasteiger partial charge in [0, 0.05) is 5.56 Å². The molecule has 0 aliphatic carbocycles. The maximum absolute atomic E-state index is 12.7. The fourth-order valence-electron chi connectivity index (χ4n) is 1.67. The molecule has 82 valence electrons. The Labute approximate surface area is 84.3 Å². The normalized spacial score (nSPS) is 25.3. The summed E-state index contributed by atoms with van der Waals surface area (Å²) in [5.74, 6) is -0.185. The van der Waals surface area contributed by atoms with Crippen LogP contribution in [0.2, 0.25) is 0 Å². The van der Waals surface area contributed by atoms with Gasteiger partial charge in [0.15, 0.2) is 5.60 Å². The van der Waals surface area contributed by atoms with Crippen molar-refractivity contribution < 1.29 is 23.0 Å². The Morgan fingerprint density at radius 1 is 1.40 bits per heavy atom. The quantitative estimate of drug-likeness (QED) is 0.725. The van der Waals surface area contributed by atoms with Gasteiger partial charge in [-0.15, -0.1) is 0 Å². The maximum atomic E-state index is 12.7. The largest absolute Gasteiger partial charge is 0.508 e. The number of alkyl halides is 3. The number of halogens is 3. The van der Waals surface area contributed by atoms with Crippen LogP contribution in [0.1, 0.15) is 18.1 Å². The van der Waals surface area contributed by atoms with E-state index in [4.69, 9.17) is 4.74 Å². The average molecular weight is 218 g/mol. The van der Waals surface area contributed by atoms with E-state index in [1.54, 1.807) is 0 Å². The first-order chi connectivity index (χ1) is 6.84. The predicted molar refractivity (Wildman–Crippen MR) is 46.3 cm³/mol. The fraction of sp³-hybridized carbons (Fsp3) is 0.400. The fourth-order valence-corrected chi connectivity index (χ4v) is 1.67. The van der Waals surface area contributed by atoms with E-state index in [-0.39, 0.29) is 17.9 Å². The van der Waals surface area contributed by atoms with Gasteiger partial charge in [0.2, 0.25) is 0 Å². The molecule has 1 heterocycles. The maximum Gasteiger partial charge on any atom is 0.421 e. The first-order valence-corrected chi connectivity index (χ1v) is 4.37. The zero-order chi connectivity index (χ0) is 11.3. The molecular formula is C10H9F3O2. The van der Waals surface area contributed by atoms with Crippen molar-refractivity contribution in [3.8, 4) is 5.75 Å². The molecule has 1 atom stereocenters. The van der Waals surface area contributed by atoms with Crippen LogP contribution in [-0.2, 0) is 16.9 Å². The smallest absolute Gasteiger partial charge is 0.421 e. The molecule has 1 N–H and O–H groups in total. The van der Waals surface area contributed by atoms with E-state index in [1.165, 1.54) is 12.1 Å². The molecule has 1 aromatic rings. The lowest BCUT2D eigenvalue weighted by molar-refractivity contribution is -0.272. The van der Waals surface area contributed by atoms with Gasteiger partial charge in [0.25, 0.3) is 0 Å². The summed E-state index contributed by atoms with van der Waals surface area (Å²) in [7, 11) is 0. The highest BCUT2D eigenvalue weighted by Gasteiger charge is 2.57.